The molecular formula is C17H25ClN6O. The Morgan fingerprint density at radius 3 is 2.56 bits per heavy atom. The number of nitrogens with zero attached hydrogens (tertiary/aromatic N) is 6. The van der Waals surface area contributed by atoms with Crippen molar-refractivity contribution in [2.75, 3.05) is 26.2 Å². The molecule has 2 aromatic rings. The first-order valence-corrected chi connectivity index (χ1v) is 9.09. The Balaban J connectivity index is 1.54. The van der Waals surface area contributed by atoms with Crippen LogP contribution in [0.2, 0.25) is 5.02 Å². The summed E-state index contributed by atoms with van der Waals surface area (Å²) in [5.41, 5.74) is 2.35. The van der Waals surface area contributed by atoms with Crippen LogP contribution in [0.5, 0.6) is 0 Å². The molecule has 1 saturated heterocycles. The van der Waals surface area contributed by atoms with Crippen molar-refractivity contribution in [3.8, 4) is 0 Å². The summed E-state index contributed by atoms with van der Waals surface area (Å²) < 4.78 is 3.60. The van der Waals surface area contributed by atoms with E-state index in [0.717, 1.165) is 45.0 Å². The highest BCUT2D eigenvalue weighted by atomic mass is 35.5. The lowest BCUT2D eigenvalue weighted by Crippen LogP contribution is -2.50. The van der Waals surface area contributed by atoms with Crippen LogP contribution < -0.4 is 0 Å². The number of hydrogen-bond acceptors (Lipinski definition) is 4. The molecule has 0 radical (unpaired) electrons. The third kappa shape index (κ3) is 4.04. The Morgan fingerprint density at radius 1 is 1.28 bits per heavy atom. The summed E-state index contributed by atoms with van der Waals surface area (Å²) in [7, 11) is 0. The minimum Gasteiger partial charge on any atom is -0.338 e. The highest BCUT2D eigenvalue weighted by molar-refractivity contribution is 6.30. The van der Waals surface area contributed by atoms with Gasteiger partial charge < -0.3 is 4.90 Å². The van der Waals surface area contributed by atoms with Crippen LogP contribution in [0.25, 0.3) is 0 Å². The lowest BCUT2D eigenvalue weighted by atomic mass is 10.2. The van der Waals surface area contributed by atoms with E-state index in [9.17, 15) is 4.79 Å². The molecule has 0 spiro atoms. The number of halogens is 1. The zero-order valence-corrected chi connectivity index (χ0v) is 15.8. The van der Waals surface area contributed by atoms with Gasteiger partial charge in [-0.15, -0.1) is 0 Å². The number of hydrogen-bond donors (Lipinski definition) is 0. The normalized spacial score (nSPS) is 17.0. The molecular weight excluding hydrogens is 340 g/mol. The summed E-state index contributed by atoms with van der Waals surface area (Å²) in [6.45, 7) is 11.0. The van der Waals surface area contributed by atoms with E-state index >= 15 is 0 Å². The van der Waals surface area contributed by atoms with Gasteiger partial charge in [-0.1, -0.05) is 11.6 Å². The van der Waals surface area contributed by atoms with Gasteiger partial charge in [0.15, 0.2) is 0 Å². The minimum atomic E-state index is -0.330. The maximum absolute atomic E-state index is 12.7. The number of rotatable bonds is 5. The molecule has 25 heavy (non-hydrogen) atoms. The quantitative estimate of drug-likeness (QED) is 0.813. The molecule has 1 atom stereocenters. The molecule has 0 unspecified atom stereocenters. The summed E-state index contributed by atoms with van der Waals surface area (Å²) in [6, 6.07) is -0.330. The maximum atomic E-state index is 12.7. The molecule has 0 N–H and O–H groups in total. The topological polar surface area (TPSA) is 59.2 Å². The summed E-state index contributed by atoms with van der Waals surface area (Å²) in [5, 5.41) is 9.19. The molecule has 3 heterocycles. The van der Waals surface area contributed by atoms with Crippen LogP contribution >= 0.6 is 11.6 Å². The smallest absolute Gasteiger partial charge is 0.247 e. The van der Waals surface area contributed by atoms with E-state index in [0.29, 0.717) is 5.02 Å². The van der Waals surface area contributed by atoms with Crippen LogP contribution in [0.3, 0.4) is 0 Å². The van der Waals surface area contributed by atoms with Gasteiger partial charge in [0.25, 0.3) is 0 Å². The Morgan fingerprint density at radius 2 is 2.00 bits per heavy atom. The van der Waals surface area contributed by atoms with E-state index in [1.54, 1.807) is 17.1 Å². The monoisotopic (exact) mass is 364 g/mol. The Labute approximate surface area is 153 Å². The standard InChI is InChI=1S/C17H25ClN6O/c1-4-23-11-15(13(2)20-23)10-21-5-7-22(8-6-21)17(25)14(3)24-12-16(18)9-19-24/h9,11-12,14H,4-8,10H2,1-3H3/t14-/m1/s1. The van der Waals surface area contributed by atoms with Crippen LogP contribution in [0.4, 0.5) is 0 Å². The van der Waals surface area contributed by atoms with Crippen LogP contribution in [-0.4, -0.2) is 61.4 Å². The summed E-state index contributed by atoms with van der Waals surface area (Å²) in [4.78, 5) is 17.0. The third-order valence-corrected chi connectivity index (χ3v) is 4.97. The molecule has 2 aromatic heterocycles. The second-order valence-corrected chi connectivity index (χ2v) is 6.95. The van der Waals surface area contributed by atoms with Crippen molar-refractivity contribution in [1.82, 2.24) is 29.4 Å². The van der Waals surface area contributed by atoms with Crippen LogP contribution in [-0.2, 0) is 17.9 Å². The van der Waals surface area contributed by atoms with Crippen molar-refractivity contribution in [1.29, 1.82) is 0 Å². The largest absolute Gasteiger partial charge is 0.338 e. The van der Waals surface area contributed by atoms with Gasteiger partial charge in [0, 0.05) is 57.2 Å². The van der Waals surface area contributed by atoms with E-state index in [1.165, 1.54) is 5.56 Å². The predicted molar refractivity (Wildman–Crippen MR) is 96.4 cm³/mol. The SMILES string of the molecule is CCn1cc(CN2CCN(C(=O)[C@@H](C)n3cc(Cl)cn3)CC2)c(C)n1. The molecule has 1 aliphatic rings. The minimum absolute atomic E-state index is 0.0920. The van der Waals surface area contributed by atoms with Gasteiger partial charge in [-0.2, -0.15) is 10.2 Å². The third-order valence-electron chi connectivity index (χ3n) is 4.77. The van der Waals surface area contributed by atoms with E-state index in [2.05, 4.69) is 35.1 Å². The number of amides is 1. The average Bonchev–Trinajstić information content (AvgIpc) is 3.20. The highest BCUT2D eigenvalue weighted by Crippen LogP contribution is 2.16. The first-order valence-electron chi connectivity index (χ1n) is 8.71. The lowest BCUT2D eigenvalue weighted by molar-refractivity contribution is -0.136. The Hall–Kier alpha value is -1.86. The van der Waals surface area contributed by atoms with Gasteiger partial charge in [-0.25, -0.2) is 0 Å². The Bertz CT molecular complexity index is 731. The summed E-state index contributed by atoms with van der Waals surface area (Å²) >= 11 is 5.89. The van der Waals surface area contributed by atoms with Crippen molar-refractivity contribution in [3.05, 3.63) is 34.9 Å². The summed E-state index contributed by atoms with van der Waals surface area (Å²) in [6.07, 6.45) is 5.37. The molecule has 8 heteroatoms. The molecule has 1 fully saturated rings. The molecule has 7 nitrogen and oxygen atoms in total. The van der Waals surface area contributed by atoms with Crippen molar-refractivity contribution >= 4 is 17.5 Å². The van der Waals surface area contributed by atoms with E-state index < -0.39 is 0 Å². The molecule has 136 valence electrons. The summed E-state index contributed by atoms with van der Waals surface area (Å²) in [5.74, 6) is 0.0920. The molecule has 1 aliphatic heterocycles. The fraction of sp³-hybridized carbons (Fsp3) is 0.588. The molecule has 0 saturated carbocycles. The molecule has 0 aromatic carbocycles. The number of carbonyl (C=O) groups excluding carboxylic acids is 1. The number of aryl methyl sites for hydroxylation is 2. The van der Waals surface area contributed by atoms with E-state index in [1.807, 2.05) is 16.5 Å². The van der Waals surface area contributed by atoms with Crippen LogP contribution in [0.1, 0.15) is 31.1 Å². The van der Waals surface area contributed by atoms with Gasteiger partial charge in [-0.05, 0) is 20.8 Å². The molecule has 3 rings (SSSR count). The van der Waals surface area contributed by atoms with Gasteiger partial charge in [0.05, 0.1) is 16.9 Å². The lowest BCUT2D eigenvalue weighted by Gasteiger charge is -2.35. The van der Waals surface area contributed by atoms with Gasteiger partial charge >= 0.3 is 0 Å². The number of piperazine rings is 1. The second kappa shape index (κ2) is 7.58. The van der Waals surface area contributed by atoms with Gasteiger partial charge in [-0.3, -0.25) is 19.1 Å². The highest BCUT2D eigenvalue weighted by Gasteiger charge is 2.26. The van der Waals surface area contributed by atoms with Gasteiger partial charge in [0.2, 0.25) is 5.91 Å². The first-order chi connectivity index (χ1) is 12.0. The Kier molecular flexibility index (Phi) is 5.44. The van der Waals surface area contributed by atoms with E-state index in [4.69, 9.17) is 11.6 Å². The van der Waals surface area contributed by atoms with Crippen LogP contribution in [0.15, 0.2) is 18.6 Å². The van der Waals surface area contributed by atoms with E-state index in [-0.39, 0.29) is 11.9 Å². The number of aromatic nitrogens is 4. The molecule has 0 aliphatic carbocycles. The van der Waals surface area contributed by atoms with Gasteiger partial charge in [0.1, 0.15) is 6.04 Å². The molecule has 1 amide bonds. The fourth-order valence-corrected chi connectivity index (χ4v) is 3.29. The zero-order valence-electron chi connectivity index (χ0n) is 15.0. The van der Waals surface area contributed by atoms with Crippen molar-refractivity contribution in [2.45, 2.75) is 39.9 Å². The zero-order chi connectivity index (χ0) is 18.0. The van der Waals surface area contributed by atoms with Crippen molar-refractivity contribution in [3.63, 3.8) is 0 Å². The molecule has 0 bridgehead atoms. The second-order valence-electron chi connectivity index (χ2n) is 6.51. The predicted octanol–water partition coefficient (Wildman–Crippen LogP) is 1.97. The average molecular weight is 365 g/mol. The van der Waals surface area contributed by atoms with Crippen molar-refractivity contribution < 1.29 is 4.79 Å². The fourth-order valence-electron chi connectivity index (χ4n) is 3.15. The first kappa shape index (κ1) is 17.9. The van der Waals surface area contributed by atoms with Crippen LogP contribution in [0, 0.1) is 6.92 Å². The number of carbonyl (C=O) groups is 1. The van der Waals surface area contributed by atoms with Crippen molar-refractivity contribution in [2.24, 2.45) is 0 Å². The maximum Gasteiger partial charge on any atom is 0.247 e.